The molecular weight excluding hydrogens is 596 g/mol. The van der Waals surface area contributed by atoms with Crippen LogP contribution >= 0.6 is 0 Å². The molecule has 0 heterocycles. The lowest BCUT2D eigenvalue weighted by atomic mass is 9.96. The van der Waals surface area contributed by atoms with Crippen molar-refractivity contribution in [2.24, 2.45) is 11.8 Å². The van der Waals surface area contributed by atoms with Crippen LogP contribution in [0.25, 0.3) is 0 Å². The number of amides is 3. The van der Waals surface area contributed by atoms with Crippen molar-refractivity contribution in [1.82, 2.24) is 16.0 Å². The number of rotatable bonds is 16. The first kappa shape index (κ1) is 35.7. The molecule has 0 aliphatic carbocycles. The van der Waals surface area contributed by atoms with E-state index in [9.17, 15) is 19.2 Å². The smallest absolute Gasteiger partial charge is 0.408 e. The molecule has 46 heavy (non-hydrogen) atoms. The molecule has 246 valence electrons. The van der Waals surface area contributed by atoms with Crippen LogP contribution in [0.1, 0.15) is 44.4 Å². The standard InChI is InChI=1S/C35H41F2N3O6/c1-23(2)20-38-33(43)35(36,37)31(41)29(19-25-15-17-28(18-16-25)45-21-26-11-7-5-8-12-26)39-32(42)30(24(3)4)40-34(44)46-22-27-13-9-6-10-14-27/h5-18,23-24,29-30H,19-22H2,1-4H3,(H,38,43)(H,39,42)(H,40,44)/t29-,30-/m0/s1. The minimum Gasteiger partial charge on any atom is -0.489 e. The Kier molecular flexibility index (Phi) is 13.2. The Morgan fingerprint density at radius 1 is 0.739 bits per heavy atom. The van der Waals surface area contributed by atoms with Crippen molar-refractivity contribution in [3.8, 4) is 5.75 Å². The van der Waals surface area contributed by atoms with Gasteiger partial charge in [-0.05, 0) is 40.7 Å². The molecule has 3 amide bonds. The highest BCUT2D eigenvalue weighted by molar-refractivity contribution is 6.10. The van der Waals surface area contributed by atoms with E-state index in [1.165, 1.54) is 0 Å². The highest BCUT2D eigenvalue weighted by atomic mass is 19.3. The molecule has 3 N–H and O–H groups in total. The number of Topliss-reactive ketones (excluding diaryl/α,β-unsaturated/α-hetero) is 1. The SMILES string of the molecule is CC(C)CNC(=O)C(F)(F)C(=O)[C@H](Cc1ccc(OCc2ccccc2)cc1)NC(=O)[C@@H](NC(=O)OCc1ccccc1)C(C)C. The summed E-state index contributed by atoms with van der Waals surface area (Å²) in [5, 5.41) is 6.91. The molecule has 0 radical (unpaired) electrons. The lowest BCUT2D eigenvalue weighted by Crippen LogP contribution is -2.59. The summed E-state index contributed by atoms with van der Waals surface area (Å²) in [6.07, 6.45) is -1.25. The number of halogens is 2. The Morgan fingerprint density at radius 2 is 1.30 bits per heavy atom. The zero-order chi connectivity index (χ0) is 33.7. The van der Waals surface area contributed by atoms with Crippen LogP contribution in [0.2, 0.25) is 0 Å². The quantitative estimate of drug-likeness (QED) is 0.185. The molecule has 2 atom stereocenters. The summed E-state index contributed by atoms with van der Waals surface area (Å²) in [7, 11) is 0. The van der Waals surface area contributed by atoms with Crippen molar-refractivity contribution < 1.29 is 37.4 Å². The monoisotopic (exact) mass is 637 g/mol. The van der Waals surface area contributed by atoms with Gasteiger partial charge in [0.15, 0.2) is 0 Å². The number of alkyl halides is 2. The van der Waals surface area contributed by atoms with E-state index in [0.29, 0.717) is 17.9 Å². The third-order valence-electron chi connectivity index (χ3n) is 6.95. The third kappa shape index (κ3) is 11.0. The van der Waals surface area contributed by atoms with E-state index in [-0.39, 0.29) is 25.5 Å². The summed E-state index contributed by atoms with van der Waals surface area (Å²) in [4.78, 5) is 51.5. The van der Waals surface area contributed by atoms with Crippen LogP contribution in [0.5, 0.6) is 5.75 Å². The fraction of sp³-hybridized carbons (Fsp3) is 0.371. The van der Waals surface area contributed by atoms with Crippen molar-refractivity contribution in [3.05, 3.63) is 102 Å². The van der Waals surface area contributed by atoms with Crippen molar-refractivity contribution in [2.75, 3.05) is 6.54 Å². The molecule has 3 rings (SSSR count). The number of ketones is 1. The van der Waals surface area contributed by atoms with Gasteiger partial charge in [-0.15, -0.1) is 0 Å². The Hall–Kier alpha value is -4.80. The molecule has 0 spiro atoms. The van der Waals surface area contributed by atoms with Crippen LogP contribution in [0, 0.1) is 11.8 Å². The average molecular weight is 638 g/mol. The molecule has 0 aromatic heterocycles. The fourth-order valence-corrected chi connectivity index (χ4v) is 4.33. The first-order chi connectivity index (χ1) is 21.9. The molecular formula is C35H41F2N3O6. The van der Waals surface area contributed by atoms with Crippen molar-refractivity contribution in [2.45, 2.75) is 65.3 Å². The van der Waals surface area contributed by atoms with Gasteiger partial charge < -0.3 is 25.4 Å². The predicted molar refractivity (Wildman–Crippen MR) is 169 cm³/mol. The second-order valence-electron chi connectivity index (χ2n) is 11.7. The Balaban J connectivity index is 1.76. The van der Waals surface area contributed by atoms with Gasteiger partial charge in [0.05, 0.1) is 6.04 Å². The number of carbonyl (C=O) groups excluding carboxylic acids is 4. The van der Waals surface area contributed by atoms with Crippen LogP contribution in [0.15, 0.2) is 84.9 Å². The minimum absolute atomic E-state index is 0.0526. The number of hydrogen-bond donors (Lipinski definition) is 3. The Labute approximate surface area is 268 Å². The zero-order valence-electron chi connectivity index (χ0n) is 26.4. The first-order valence-corrected chi connectivity index (χ1v) is 15.1. The largest absolute Gasteiger partial charge is 0.489 e. The van der Waals surface area contributed by atoms with Gasteiger partial charge in [0.25, 0.3) is 5.91 Å². The fourth-order valence-electron chi connectivity index (χ4n) is 4.33. The highest BCUT2D eigenvalue weighted by Gasteiger charge is 2.50. The maximum absolute atomic E-state index is 15.2. The molecule has 0 unspecified atom stereocenters. The molecule has 3 aromatic rings. The maximum Gasteiger partial charge on any atom is 0.408 e. The van der Waals surface area contributed by atoms with Gasteiger partial charge in [0, 0.05) is 13.0 Å². The number of benzene rings is 3. The van der Waals surface area contributed by atoms with Crippen LogP contribution in [-0.2, 0) is 38.8 Å². The minimum atomic E-state index is -4.43. The van der Waals surface area contributed by atoms with E-state index in [2.05, 4.69) is 16.0 Å². The second-order valence-corrected chi connectivity index (χ2v) is 11.7. The van der Waals surface area contributed by atoms with Gasteiger partial charge in [-0.25, -0.2) is 4.79 Å². The first-order valence-electron chi connectivity index (χ1n) is 15.1. The predicted octanol–water partition coefficient (Wildman–Crippen LogP) is 5.22. The summed E-state index contributed by atoms with van der Waals surface area (Å²) >= 11 is 0. The molecule has 0 aliphatic rings. The third-order valence-corrected chi connectivity index (χ3v) is 6.95. The summed E-state index contributed by atoms with van der Waals surface area (Å²) < 4.78 is 41.4. The van der Waals surface area contributed by atoms with Gasteiger partial charge in [-0.3, -0.25) is 14.4 Å². The topological polar surface area (TPSA) is 123 Å². The second kappa shape index (κ2) is 17.0. The lowest BCUT2D eigenvalue weighted by molar-refractivity contribution is -0.160. The highest BCUT2D eigenvalue weighted by Crippen LogP contribution is 2.22. The number of carbonyl (C=O) groups is 4. The summed E-state index contributed by atoms with van der Waals surface area (Å²) in [5.74, 6) is -8.97. The summed E-state index contributed by atoms with van der Waals surface area (Å²) in [5.41, 5.74) is 2.11. The van der Waals surface area contributed by atoms with Gasteiger partial charge in [0.1, 0.15) is 25.0 Å². The van der Waals surface area contributed by atoms with Crippen LogP contribution in [-0.4, -0.2) is 48.2 Å². The van der Waals surface area contributed by atoms with Gasteiger partial charge in [0.2, 0.25) is 11.7 Å². The van der Waals surface area contributed by atoms with Crippen molar-refractivity contribution >= 4 is 23.7 Å². The van der Waals surface area contributed by atoms with Crippen LogP contribution in [0.4, 0.5) is 13.6 Å². The Morgan fingerprint density at radius 3 is 1.85 bits per heavy atom. The molecule has 9 nitrogen and oxygen atoms in total. The number of hydrogen-bond acceptors (Lipinski definition) is 6. The van der Waals surface area contributed by atoms with E-state index in [4.69, 9.17) is 9.47 Å². The van der Waals surface area contributed by atoms with Crippen molar-refractivity contribution in [1.29, 1.82) is 0 Å². The average Bonchev–Trinajstić information content (AvgIpc) is 3.04. The van der Waals surface area contributed by atoms with Gasteiger partial charge >= 0.3 is 12.0 Å². The van der Waals surface area contributed by atoms with E-state index < -0.39 is 47.6 Å². The summed E-state index contributed by atoms with van der Waals surface area (Å²) in [6, 6.07) is 21.8. The molecule has 0 bridgehead atoms. The van der Waals surface area contributed by atoms with Gasteiger partial charge in [-0.2, -0.15) is 8.78 Å². The molecule has 0 aliphatic heterocycles. The number of nitrogens with one attached hydrogen (secondary N) is 3. The van der Waals surface area contributed by atoms with Crippen LogP contribution < -0.4 is 20.7 Å². The lowest BCUT2D eigenvalue weighted by Gasteiger charge is -2.27. The number of alkyl carbamates (subject to hydrolysis) is 1. The number of ether oxygens (including phenoxy) is 2. The Bertz CT molecular complexity index is 1430. The van der Waals surface area contributed by atoms with E-state index in [0.717, 1.165) is 11.1 Å². The van der Waals surface area contributed by atoms with Gasteiger partial charge in [-0.1, -0.05) is 100 Å². The summed E-state index contributed by atoms with van der Waals surface area (Å²) in [6.45, 7) is 6.92. The molecule has 0 saturated heterocycles. The van der Waals surface area contributed by atoms with E-state index >= 15 is 8.78 Å². The molecule has 0 saturated carbocycles. The maximum atomic E-state index is 15.2. The van der Waals surface area contributed by atoms with Crippen molar-refractivity contribution in [3.63, 3.8) is 0 Å². The molecule has 0 fully saturated rings. The molecule has 3 aromatic carbocycles. The molecule has 11 heteroatoms. The van der Waals surface area contributed by atoms with E-state index in [1.807, 2.05) is 36.4 Å². The van der Waals surface area contributed by atoms with E-state index in [1.54, 1.807) is 76.2 Å². The zero-order valence-corrected chi connectivity index (χ0v) is 26.4. The van der Waals surface area contributed by atoms with Crippen LogP contribution in [0.3, 0.4) is 0 Å². The normalized spacial score (nSPS) is 12.6.